The number of hydrogen-bond acceptors (Lipinski definition) is 2. The SMILES string of the molecule is Cn1cnc(Cl)c1[C@H]1[C@H](CN)C1(C)C. The first-order valence-electron chi connectivity index (χ1n) is 4.87. The highest BCUT2D eigenvalue weighted by Crippen LogP contribution is 2.64. The van der Waals surface area contributed by atoms with Crippen molar-refractivity contribution in [2.75, 3.05) is 6.54 Å². The lowest BCUT2D eigenvalue weighted by atomic mass is 10.1. The average Bonchev–Trinajstić information content (AvgIpc) is 2.48. The maximum Gasteiger partial charge on any atom is 0.150 e. The van der Waals surface area contributed by atoms with Crippen molar-refractivity contribution in [3.8, 4) is 0 Å². The summed E-state index contributed by atoms with van der Waals surface area (Å²) < 4.78 is 2.00. The summed E-state index contributed by atoms with van der Waals surface area (Å²) in [6.45, 7) is 5.19. The van der Waals surface area contributed by atoms with E-state index in [0.29, 0.717) is 17.0 Å². The molecular weight excluding hydrogens is 198 g/mol. The zero-order valence-corrected chi connectivity index (χ0v) is 9.54. The predicted molar refractivity (Wildman–Crippen MR) is 57.3 cm³/mol. The fourth-order valence-electron chi connectivity index (χ4n) is 2.49. The molecule has 1 aliphatic rings. The van der Waals surface area contributed by atoms with Crippen LogP contribution in [0.1, 0.15) is 25.5 Å². The third-order valence-corrected chi connectivity index (χ3v) is 3.83. The molecule has 0 amide bonds. The van der Waals surface area contributed by atoms with Crippen LogP contribution in [0.25, 0.3) is 0 Å². The molecule has 2 rings (SSSR count). The molecule has 1 aromatic rings. The molecule has 2 N–H and O–H groups in total. The van der Waals surface area contributed by atoms with E-state index in [1.54, 1.807) is 6.33 Å². The summed E-state index contributed by atoms with van der Waals surface area (Å²) in [5.41, 5.74) is 7.13. The van der Waals surface area contributed by atoms with Gasteiger partial charge in [0.05, 0.1) is 12.0 Å². The Kier molecular flexibility index (Phi) is 2.12. The Labute approximate surface area is 89.3 Å². The van der Waals surface area contributed by atoms with E-state index in [4.69, 9.17) is 17.3 Å². The first-order valence-corrected chi connectivity index (χ1v) is 5.24. The second-order valence-corrected chi connectivity index (χ2v) is 5.03. The van der Waals surface area contributed by atoms with Crippen LogP contribution in [0.5, 0.6) is 0 Å². The summed E-state index contributed by atoms with van der Waals surface area (Å²) in [6, 6.07) is 0. The number of nitrogens with zero attached hydrogens (tertiary/aromatic N) is 2. The normalized spacial score (nSPS) is 29.2. The van der Waals surface area contributed by atoms with Crippen LogP contribution in [0.2, 0.25) is 5.15 Å². The summed E-state index contributed by atoms with van der Waals surface area (Å²) in [7, 11) is 1.98. The van der Waals surface area contributed by atoms with Crippen LogP contribution in [-0.2, 0) is 7.05 Å². The van der Waals surface area contributed by atoms with Crippen LogP contribution in [0, 0.1) is 11.3 Å². The molecule has 0 bridgehead atoms. The van der Waals surface area contributed by atoms with Gasteiger partial charge in [-0.1, -0.05) is 25.4 Å². The van der Waals surface area contributed by atoms with Crippen molar-refractivity contribution in [3.63, 3.8) is 0 Å². The summed E-state index contributed by atoms with van der Waals surface area (Å²) in [4.78, 5) is 4.10. The first kappa shape index (κ1) is 9.99. The zero-order valence-electron chi connectivity index (χ0n) is 8.79. The van der Waals surface area contributed by atoms with Crippen molar-refractivity contribution in [3.05, 3.63) is 17.2 Å². The predicted octanol–water partition coefficient (Wildman–Crippen LogP) is 1.77. The number of imidazole rings is 1. The van der Waals surface area contributed by atoms with Crippen LogP contribution in [-0.4, -0.2) is 16.1 Å². The van der Waals surface area contributed by atoms with Crippen molar-refractivity contribution >= 4 is 11.6 Å². The molecule has 0 aromatic carbocycles. The van der Waals surface area contributed by atoms with Gasteiger partial charge in [-0.25, -0.2) is 4.98 Å². The van der Waals surface area contributed by atoms with Crippen molar-refractivity contribution in [1.82, 2.24) is 9.55 Å². The highest BCUT2D eigenvalue weighted by atomic mass is 35.5. The number of halogens is 1. The standard InChI is InChI=1S/C10H16ClN3/c1-10(2)6(4-12)7(10)8-9(11)13-5-14(8)3/h5-7H,4,12H2,1-3H3/t6-,7+/m0/s1. The van der Waals surface area contributed by atoms with Gasteiger partial charge in [0.15, 0.2) is 5.15 Å². The zero-order chi connectivity index (χ0) is 10.5. The Morgan fingerprint density at radius 1 is 1.64 bits per heavy atom. The van der Waals surface area contributed by atoms with Crippen molar-refractivity contribution in [2.24, 2.45) is 24.1 Å². The number of nitrogens with two attached hydrogens (primary N) is 1. The van der Waals surface area contributed by atoms with Crippen LogP contribution in [0.3, 0.4) is 0 Å². The monoisotopic (exact) mass is 213 g/mol. The molecule has 1 aliphatic carbocycles. The minimum absolute atomic E-state index is 0.270. The van der Waals surface area contributed by atoms with E-state index in [1.165, 1.54) is 0 Å². The molecule has 1 fully saturated rings. The second kappa shape index (κ2) is 2.97. The Bertz CT molecular complexity index is 337. The Morgan fingerprint density at radius 2 is 2.29 bits per heavy atom. The molecule has 1 aromatic heterocycles. The van der Waals surface area contributed by atoms with E-state index >= 15 is 0 Å². The van der Waals surface area contributed by atoms with Crippen molar-refractivity contribution in [2.45, 2.75) is 19.8 Å². The van der Waals surface area contributed by atoms with Gasteiger partial charge in [0.25, 0.3) is 0 Å². The molecule has 14 heavy (non-hydrogen) atoms. The molecule has 0 saturated heterocycles. The minimum Gasteiger partial charge on any atom is -0.336 e. The maximum atomic E-state index is 6.06. The van der Waals surface area contributed by atoms with Crippen LogP contribution < -0.4 is 5.73 Å². The van der Waals surface area contributed by atoms with Crippen molar-refractivity contribution in [1.29, 1.82) is 0 Å². The van der Waals surface area contributed by atoms with E-state index in [1.807, 2.05) is 11.6 Å². The van der Waals surface area contributed by atoms with Gasteiger partial charge in [0.2, 0.25) is 0 Å². The van der Waals surface area contributed by atoms with Gasteiger partial charge in [-0.15, -0.1) is 0 Å². The van der Waals surface area contributed by atoms with E-state index in [9.17, 15) is 0 Å². The smallest absolute Gasteiger partial charge is 0.150 e. The van der Waals surface area contributed by atoms with E-state index in [-0.39, 0.29) is 5.41 Å². The fourth-order valence-corrected chi connectivity index (χ4v) is 2.78. The topological polar surface area (TPSA) is 43.8 Å². The minimum atomic E-state index is 0.270. The Hall–Kier alpha value is -0.540. The average molecular weight is 214 g/mol. The number of aromatic nitrogens is 2. The molecule has 0 radical (unpaired) electrons. The van der Waals surface area contributed by atoms with E-state index in [2.05, 4.69) is 18.8 Å². The Balaban J connectivity index is 2.35. The van der Waals surface area contributed by atoms with Crippen LogP contribution >= 0.6 is 11.6 Å². The molecule has 0 unspecified atom stereocenters. The van der Waals surface area contributed by atoms with Gasteiger partial charge < -0.3 is 10.3 Å². The lowest BCUT2D eigenvalue weighted by Gasteiger charge is -2.04. The Morgan fingerprint density at radius 3 is 2.64 bits per heavy atom. The van der Waals surface area contributed by atoms with Gasteiger partial charge >= 0.3 is 0 Å². The largest absolute Gasteiger partial charge is 0.336 e. The molecule has 1 saturated carbocycles. The molecule has 4 heteroatoms. The third kappa shape index (κ3) is 1.19. The lowest BCUT2D eigenvalue weighted by molar-refractivity contribution is 0.555. The van der Waals surface area contributed by atoms with Gasteiger partial charge in [-0.3, -0.25) is 0 Å². The second-order valence-electron chi connectivity index (χ2n) is 4.67. The fraction of sp³-hybridized carbons (Fsp3) is 0.700. The lowest BCUT2D eigenvalue weighted by Crippen LogP contribution is -2.05. The molecule has 78 valence electrons. The van der Waals surface area contributed by atoms with E-state index < -0.39 is 0 Å². The maximum absolute atomic E-state index is 6.06. The highest BCUT2D eigenvalue weighted by molar-refractivity contribution is 6.30. The molecule has 2 atom stereocenters. The summed E-state index contributed by atoms with van der Waals surface area (Å²) in [5.74, 6) is 1.00. The molecule has 0 aliphatic heterocycles. The van der Waals surface area contributed by atoms with E-state index in [0.717, 1.165) is 12.2 Å². The van der Waals surface area contributed by atoms with Gasteiger partial charge in [0, 0.05) is 13.0 Å². The van der Waals surface area contributed by atoms with Crippen molar-refractivity contribution < 1.29 is 0 Å². The van der Waals surface area contributed by atoms with Crippen LogP contribution in [0.4, 0.5) is 0 Å². The highest BCUT2D eigenvalue weighted by Gasteiger charge is 2.59. The molecule has 0 spiro atoms. The molecule has 3 nitrogen and oxygen atoms in total. The quantitative estimate of drug-likeness (QED) is 0.814. The van der Waals surface area contributed by atoms with Gasteiger partial charge in [0.1, 0.15) is 0 Å². The summed E-state index contributed by atoms with van der Waals surface area (Å²) >= 11 is 6.06. The van der Waals surface area contributed by atoms with Crippen LogP contribution in [0.15, 0.2) is 6.33 Å². The third-order valence-electron chi connectivity index (χ3n) is 3.53. The molecular formula is C10H16ClN3. The van der Waals surface area contributed by atoms with Gasteiger partial charge in [-0.2, -0.15) is 0 Å². The molecule has 1 heterocycles. The van der Waals surface area contributed by atoms with Gasteiger partial charge in [-0.05, 0) is 17.9 Å². The number of hydrogen-bond donors (Lipinski definition) is 1. The summed E-state index contributed by atoms with van der Waals surface area (Å²) in [6.07, 6.45) is 1.76. The summed E-state index contributed by atoms with van der Waals surface area (Å²) in [5, 5.41) is 0.626. The number of rotatable bonds is 2. The number of aryl methyl sites for hydroxylation is 1. The first-order chi connectivity index (χ1) is 6.50.